The SMILES string of the molecule is [B]c1cncc(OC2CCCCC2)c1. The highest BCUT2D eigenvalue weighted by atomic mass is 16.5. The molecule has 1 saturated carbocycles. The van der Waals surface area contributed by atoms with Gasteiger partial charge in [0.2, 0.25) is 0 Å². The first kappa shape index (κ1) is 9.57. The fourth-order valence-electron chi connectivity index (χ4n) is 1.88. The van der Waals surface area contributed by atoms with E-state index in [9.17, 15) is 0 Å². The van der Waals surface area contributed by atoms with Crippen molar-refractivity contribution in [1.82, 2.24) is 4.98 Å². The van der Waals surface area contributed by atoms with Crippen molar-refractivity contribution in [2.24, 2.45) is 0 Å². The first-order chi connectivity index (χ1) is 6.84. The Hall–Kier alpha value is -0.985. The molecule has 1 aliphatic carbocycles. The molecule has 0 saturated heterocycles. The van der Waals surface area contributed by atoms with Crippen molar-refractivity contribution in [1.29, 1.82) is 0 Å². The minimum atomic E-state index is 0.368. The number of nitrogens with zero attached hydrogens (tertiary/aromatic N) is 1. The molecule has 0 unspecified atom stereocenters. The van der Waals surface area contributed by atoms with Crippen molar-refractivity contribution < 1.29 is 4.74 Å². The van der Waals surface area contributed by atoms with Crippen molar-refractivity contribution in [2.45, 2.75) is 38.2 Å². The molecular formula is C11H14BNO. The number of pyridine rings is 1. The van der Waals surface area contributed by atoms with Crippen LogP contribution in [-0.2, 0) is 0 Å². The van der Waals surface area contributed by atoms with Gasteiger partial charge in [-0.25, -0.2) is 0 Å². The second-order valence-corrected chi connectivity index (χ2v) is 3.83. The van der Waals surface area contributed by atoms with Crippen LogP contribution in [0.1, 0.15) is 32.1 Å². The van der Waals surface area contributed by atoms with Crippen molar-refractivity contribution in [3.63, 3.8) is 0 Å². The maximum absolute atomic E-state index is 5.79. The zero-order valence-electron chi connectivity index (χ0n) is 8.28. The summed E-state index contributed by atoms with van der Waals surface area (Å²) < 4.78 is 5.79. The molecule has 0 spiro atoms. The topological polar surface area (TPSA) is 22.1 Å². The molecule has 2 rings (SSSR count). The third kappa shape index (κ3) is 2.50. The molecule has 1 aliphatic rings. The molecule has 72 valence electrons. The zero-order chi connectivity index (χ0) is 9.80. The first-order valence-corrected chi connectivity index (χ1v) is 5.22. The summed E-state index contributed by atoms with van der Waals surface area (Å²) in [5, 5.41) is 0. The molecule has 14 heavy (non-hydrogen) atoms. The largest absolute Gasteiger partial charge is 0.489 e. The number of rotatable bonds is 2. The Morgan fingerprint density at radius 2 is 2.00 bits per heavy atom. The van der Waals surface area contributed by atoms with E-state index in [1.54, 1.807) is 12.4 Å². The molecule has 1 aromatic heterocycles. The van der Waals surface area contributed by atoms with Gasteiger partial charge in [0.25, 0.3) is 0 Å². The quantitative estimate of drug-likeness (QED) is 0.656. The number of hydrogen-bond donors (Lipinski definition) is 0. The summed E-state index contributed by atoms with van der Waals surface area (Å²) in [6.07, 6.45) is 9.95. The van der Waals surface area contributed by atoms with Crippen LogP contribution in [0.4, 0.5) is 0 Å². The number of hydrogen-bond acceptors (Lipinski definition) is 2. The lowest BCUT2D eigenvalue weighted by atomic mass is 9.97. The lowest BCUT2D eigenvalue weighted by molar-refractivity contribution is 0.154. The van der Waals surface area contributed by atoms with E-state index >= 15 is 0 Å². The second kappa shape index (κ2) is 4.49. The Labute approximate surface area is 86.1 Å². The molecule has 3 heteroatoms. The summed E-state index contributed by atoms with van der Waals surface area (Å²) >= 11 is 0. The van der Waals surface area contributed by atoms with Gasteiger partial charge in [0.15, 0.2) is 0 Å². The van der Waals surface area contributed by atoms with Crippen LogP contribution in [0.5, 0.6) is 5.75 Å². The second-order valence-electron chi connectivity index (χ2n) is 3.83. The molecule has 2 radical (unpaired) electrons. The predicted octanol–water partition coefficient (Wildman–Crippen LogP) is 1.59. The van der Waals surface area contributed by atoms with Crippen LogP contribution in [0, 0.1) is 0 Å². The van der Waals surface area contributed by atoms with Gasteiger partial charge in [-0.2, -0.15) is 0 Å². The van der Waals surface area contributed by atoms with Crippen molar-refractivity contribution in [3.8, 4) is 5.75 Å². The van der Waals surface area contributed by atoms with Crippen LogP contribution >= 0.6 is 0 Å². The minimum Gasteiger partial charge on any atom is -0.489 e. The highest BCUT2D eigenvalue weighted by Crippen LogP contribution is 2.22. The zero-order valence-corrected chi connectivity index (χ0v) is 8.28. The van der Waals surface area contributed by atoms with Gasteiger partial charge in [0.05, 0.1) is 12.3 Å². The van der Waals surface area contributed by atoms with Gasteiger partial charge < -0.3 is 4.74 Å². The molecule has 2 nitrogen and oxygen atoms in total. The first-order valence-electron chi connectivity index (χ1n) is 5.22. The number of aromatic nitrogens is 1. The van der Waals surface area contributed by atoms with Crippen LogP contribution in [-0.4, -0.2) is 18.9 Å². The van der Waals surface area contributed by atoms with Crippen LogP contribution in [0.25, 0.3) is 0 Å². The van der Waals surface area contributed by atoms with E-state index < -0.39 is 0 Å². The Bertz CT molecular complexity index is 297. The van der Waals surface area contributed by atoms with E-state index in [0.717, 1.165) is 18.6 Å². The van der Waals surface area contributed by atoms with Crippen LogP contribution in [0.2, 0.25) is 0 Å². The maximum atomic E-state index is 5.79. The smallest absolute Gasteiger partial charge is 0.137 e. The molecule has 1 aromatic rings. The lowest BCUT2D eigenvalue weighted by Crippen LogP contribution is -2.20. The highest BCUT2D eigenvalue weighted by molar-refractivity contribution is 6.32. The predicted molar refractivity (Wildman–Crippen MR) is 57.1 cm³/mol. The van der Waals surface area contributed by atoms with Gasteiger partial charge in [-0.15, -0.1) is 0 Å². The summed E-state index contributed by atoms with van der Waals surface area (Å²) in [4.78, 5) is 4.00. The molecule has 0 N–H and O–H groups in total. The standard InChI is InChI=1S/C11H14BNO/c12-9-6-11(8-13-7-9)14-10-4-2-1-3-5-10/h6-8,10H,1-5H2. The summed E-state index contributed by atoms with van der Waals surface area (Å²) in [5.41, 5.74) is 0.665. The molecule has 0 aliphatic heterocycles. The summed E-state index contributed by atoms with van der Waals surface area (Å²) in [5.74, 6) is 0.803. The Morgan fingerprint density at radius 3 is 2.71 bits per heavy atom. The van der Waals surface area contributed by atoms with E-state index in [-0.39, 0.29) is 0 Å². The molecule has 1 heterocycles. The van der Waals surface area contributed by atoms with E-state index in [4.69, 9.17) is 12.6 Å². The van der Waals surface area contributed by atoms with Crippen LogP contribution in [0.15, 0.2) is 18.5 Å². The van der Waals surface area contributed by atoms with Crippen LogP contribution in [0.3, 0.4) is 0 Å². The summed E-state index contributed by atoms with van der Waals surface area (Å²) in [7, 11) is 5.62. The van der Waals surface area contributed by atoms with E-state index in [0.29, 0.717) is 11.6 Å². The number of ether oxygens (including phenoxy) is 1. The van der Waals surface area contributed by atoms with E-state index in [1.165, 1.54) is 19.3 Å². The molecular weight excluding hydrogens is 173 g/mol. The monoisotopic (exact) mass is 187 g/mol. The van der Waals surface area contributed by atoms with Gasteiger partial charge in [-0.3, -0.25) is 4.98 Å². The molecule has 0 atom stereocenters. The van der Waals surface area contributed by atoms with Crippen molar-refractivity contribution in [3.05, 3.63) is 18.5 Å². The average Bonchev–Trinajstić information content (AvgIpc) is 2.19. The van der Waals surface area contributed by atoms with E-state index in [2.05, 4.69) is 4.98 Å². The molecule has 0 bridgehead atoms. The normalized spacial score (nSPS) is 18.0. The van der Waals surface area contributed by atoms with Crippen LogP contribution < -0.4 is 10.2 Å². The fraction of sp³-hybridized carbons (Fsp3) is 0.545. The summed E-state index contributed by atoms with van der Waals surface area (Å²) in [6.45, 7) is 0. The fourth-order valence-corrected chi connectivity index (χ4v) is 1.88. The van der Waals surface area contributed by atoms with Gasteiger partial charge >= 0.3 is 0 Å². The third-order valence-corrected chi connectivity index (χ3v) is 2.59. The minimum absolute atomic E-state index is 0.368. The third-order valence-electron chi connectivity index (χ3n) is 2.59. The van der Waals surface area contributed by atoms with Crippen molar-refractivity contribution >= 4 is 13.3 Å². The molecule has 0 amide bonds. The Morgan fingerprint density at radius 1 is 1.21 bits per heavy atom. The molecule has 1 fully saturated rings. The van der Waals surface area contributed by atoms with Gasteiger partial charge in [-0.1, -0.05) is 11.9 Å². The highest BCUT2D eigenvalue weighted by Gasteiger charge is 2.14. The average molecular weight is 187 g/mol. The van der Waals surface area contributed by atoms with Crippen molar-refractivity contribution in [2.75, 3.05) is 0 Å². The maximum Gasteiger partial charge on any atom is 0.137 e. The Kier molecular flexibility index (Phi) is 3.07. The molecule has 0 aromatic carbocycles. The lowest BCUT2D eigenvalue weighted by Gasteiger charge is -2.22. The van der Waals surface area contributed by atoms with E-state index in [1.807, 2.05) is 6.07 Å². The van der Waals surface area contributed by atoms with Gasteiger partial charge in [-0.05, 0) is 31.7 Å². The van der Waals surface area contributed by atoms with Gasteiger partial charge in [0.1, 0.15) is 13.6 Å². The Balaban J connectivity index is 1.95. The summed E-state index contributed by atoms with van der Waals surface area (Å²) in [6, 6.07) is 1.83. The van der Waals surface area contributed by atoms with Gasteiger partial charge in [0, 0.05) is 6.20 Å².